The van der Waals surface area contributed by atoms with E-state index < -0.39 is 5.60 Å². The SMILES string of the molecule is CCC(C)NC(=O)N1CCC2(CC1)CC(=O)N(Cc1noc(C)n1)CCO2. The largest absolute Gasteiger partial charge is 0.372 e. The summed E-state index contributed by atoms with van der Waals surface area (Å²) in [4.78, 5) is 32.8. The lowest BCUT2D eigenvalue weighted by molar-refractivity contribution is -0.135. The highest BCUT2D eigenvalue weighted by Gasteiger charge is 2.41. The minimum atomic E-state index is -0.480. The Bertz CT molecular complexity index is 668. The highest BCUT2D eigenvalue weighted by Crippen LogP contribution is 2.32. The van der Waals surface area contributed by atoms with Crippen LogP contribution in [0.3, 0.4) is 0 Å². The Kier molecular flexibility index (Phi) is 5.98. The van der Waals surface area contributed by atoms with Gasteiger partial charge in [0.05, 0.1) is 25.2 Å². The minimum absolute atomic E-state index is 0.0340. The summed E-state index contributed by atoms with van der Waals surface area (Å²) in [6.07, 6.45) is 2.56. The number of carbonyl (C=O) groups excluding carboxylic acids is 2. The van der Waals surface area contributed by atoms with E-state index in [2.05, 4.69) is 15.5 Å². The second-order valence-electron chi connectivity index (χ2n) is 7.50. The van der Waals surface area contributed by atoms with E-state index in [0.717, 1.165) is 6.42 Å². The fourth-order valence-corrected chi connectivity index (χ4v) is 3.52. The highest BCUT2D eigenvalue weighted by atomic mass is 16.5. The number of ether oxygens (including phenoxy) is 1. The van der Waals surface area contributed by atoms with Crippen LogP contribution in [0.2, 0.25) is 0 Å². The molecule has 1 unspecified atom stereocenters. The zero-order chi connectivity index (χ0) is 19.4. The highest BCUT2D eigenvalue weighted by molar-refractivity contribution is 5.78. The monoisotopic (exact) mass is 379 g/mol. The van der Waals surface area contributed by atoms with Crippen LogP contribution in [0.25, 0.3) is 0 Å². The number of hydrogen-bond acceptors (Lipinski definition) is 6. The molecule has 1 N–H and O–H groups in total. The van der Waals surface area contributed by atoms with Gasteiger partial charge in [-0.15, -0.1) is 0 Å². The first-order valence-corrected chi connectivity index (χ1v) is 9.67. The molecule has 0 aliphatic carbocycles. The quantitative estimate of drug-likeness (QED) is 0.850. The third-order valence-corrected chi connectivity index (χ3v) is 5.44. The van der Waals surface area contributed by atoms with Gasteiger partial charge >= 0.3 is 6.03 Å². The van der Waals surface area contributed by atoms with Crippen LogP contribution in [-0.4, -0.2) is 69.8 Å². The number of aromatic nitrogens is 2. The number of urea groups is 1. The van der Waals surface area contributed by atoms with Crippen LogP contribution in [0, 0.1) is 6.92 Å². The van der Waals surface area contributed by atoms with Gasteiger partial charge in [-0.25, -0.2) is 4.79 Å². The first-order chi connectivity index (χ1) is 12.9. The van der Waals surface area contributed by atoms with Crippen LogP contribution in [0.4, 0.5) is 4.79 Å². The molecule has 2 aliphatic rings. The van der Waals surface area contributed by atoms with Gasteiger partial charge in [0.1, 0.15) is 0 Å². The van der Waals surface area contributed by atoms with Gasteiger partial charge in [-0.2, -0.15) is 4.98 Å². The standard InChI is InChI=1S/C18H29N5O4/c1-4-13(2)19-17(25)22-7-5-18(6-8-22)11-16(24)23(9-10-26-18)12-15-20-14(3)27-21-15/h13H,4-12H2,1-3H3,(H,19,25). The van der Waals surface area contributed by atoms with Gasteiger partial charge < -0.3 is 24.4 Å². The Morgan fingerprint density at radius 1 is 1.33 bits per heavy atom. The molecule has 0 aromatic carbocycles. The van der Waals surface area contributed by atoms with Crippen molar-refractivity contribution in [1.29, 1.82) is 0 Å². The molecular formula is C18H29N5O4. The van der Waals surface area contributed by atoms with Crippen molar-refractivity contribution in [3.05, 3.63) is 11.7 Å². The van der Waals surface area contributed by atoms with Crippen molar-refractivity contribution in [1.82, 2.24) is 25.3 Å². The second-order valence-corrected chi connectivity index (χ2v) is 7.50. The molecule has 1 aromatic rings. The molecule has 1 spiro atoms. The molecule has 3 heterocycles. The van der Waals surface area contributed by atoms with E-state index in [1.807, 2.05) is 18.7 Å². The Morgan fingerprint density at radius 2 is 2.07 bits per heavy atom. The number of hydrogen-bond donors (Lipinski definition) is 1. The van der Waals surface area contributed by atoms with Crippen molar-refractivity contribution in [2.75, 3.05) is 26.2 Å². The second kappa shape index (κ2) is 8.24. The number of likely N-dealkylation sites (tertiary alicyclic amines) is 1. The Labute approximate surface area is 159 Å². The third-order valence-electron chi connectivity index (χ3n) is 5.44. The summed E-state index contributed by atoms with van der Waals surface area (Å²) in [5, 5.41) is 6.86. The summed E-state index contributed by atoms with van der Waals surface area (Å²) in [5.74, 6) is 1.03. The minimum Gasteiger partial charge on any atom is -0.372 e. The van der Waals surface area contributed by atoms with Gasteiger partial charge in [-0.1, -0.05) is 12.1 Å². The number of aryl methyl sites for hydroxylation is 1. The van der Waals surface area contributed by atoms with Crippen LogP contribution in [-0.2, 0) is 16.1 Å². The van der Waals surface area contributed by atoms with Gasteiger partial charge in [-0.05, 0) is 26.2 Å². The van der Waals surface area contributed by atoms with Crippen molar-refractivity contribution in [2.24, 2.45) is 0 Å². The Morgan fingerprint density at radius 3 is 2.70 bits per heavy atom. The molecule has 2 aliphatic heterocycles. The summed E-state index contributed by atoms with van der Waals surface area (Å²) < 4.78 is 11.1. The molecule has 9 heteroatoms. The molecule has 3 rings (SSSR count). The number of rotatable bonds is 4. The lowest BCUT2D eigenvalue weighted by Gasteiger charge is -2.40. The fourth-order valence-electron chi connectivity index (χ4n) is 3.52. The maximum absolute atomic E-state index is 12.8. The zero-order valence-electron chi connectivity index (χ0n) is 16.4. The van der Waals surface area contributed by atoms with Gasteiger partial charge in [0.2, 0.25) is 11.8 Å². The number of piperidine rings is 1. The van der Waals surface area contributed by atoms with E-state index in [-0.39, 0.29) is 18.0 Å². The van der Waals surface area contributed by atoms with Crippen LogP contribution in [0.1, 0.15) is 51.2 Å². The first kappa shape index (κ1) is 19.6. The summed E-state index contributed by atoms with van der Waals surface area (Å²) >= 11 is 0. The maximum atomic E-state index is 12.8. The van der Waals surface area contributed by atoms with E-state index in [1.54, 1.807) is 11.8 Å². The van der Waals surface area contributed by atoms with Crippen LogP contribution < -0.4 is 5.32 Å². The number of nitrogens with zero attached hydrogens (tertiary/aromatic N) is 4. The lowest BCUT2D eigenvalue weighted by atomic mass is 9.87. The first-order valence-electron chi connectivity index (χ1n) is 9.67. The van der Waals surface area contributed by atoms with Gasteiger partial charge in [-0.3, -0.25) is 4.79 Å². The third kappa shape index (κ3) is 4.77. The van der Waals surface area contributed by atoms with E-state index in [4.69, 9.17) is 9.26 Å². The molecule has 0 radical (unpaired) electrons. The number of nitrogens with one attached hydrogen (secondary N) is 1. The molecule has 3 amide bonds. The predicted octanol–water partition coefficient (Wildman–Crippen LogP) is 1.47. The van der Waals surface area contributed by atoms with E-state index in [0.29, 0.717) is 63.8 Å². The van der Waals surface area contributed by atoms with Crippen LogP contribution in [0.15, 0.2) is 4.52 Å². The van der Waals surface area contributed by atoms with Gasteiger partial charge in [0.25, 0.3) is 0 Å². The summed E-state index contributed by atoms with van der Waals surface area (Å²) in [7, 11) is 0. The lowest BCUT2D eigenvalue weighted by Crippen LogP contribution is -2.52. The van der Waals surface area contributed by atoms with Crippen LogP contribution in [0.5, 0.6) is 0 Å². The van der Waals surface area contributed by atoms with Gasteiger partial charge in [0.15, 0.2) is 5.82 Å². The molecule has 9 nitrogen and oxygen atoms in total. The molecule has 27 heavy (non-hydrogen) atoms. The summed E-state index contributed by atoms with van der Waals surface area (Å²) in [5.41, 5.74) is -0.480. The molecular weight excluding hydrogens is 350 g/mol. The van der Waals surface area contributed by atoms with Crippen molar-refractivity contribution in [2.45, 2.75) is 64.6 Å². The van der Waals surface area contributed by atoms with Crippen LogP contribution >= 0.6 is 0 Å². The molecule has 0 saturated carbocycles. The molecule has 2 fully saturated rings. The predicted molar refractivity (Wildman–Crippen MR) is 96.8 cm³/mol. The van der Waals surface area contributed by atoms with Gasteiger partial charge in [0, 0.05) is 32.6 Å². The van der Waals surface area contributed by atoms with E-state index in [1.165, 1.54) is 0 Å². The molecule has 150 valence electrons. The molecule has 1 atom stereocenters. The van der Waals surface area contributed by atoms with E-state index >= 15 is 0 Å². The van der Waals surface area contributed by atoms with Crippen molar-refractivity contribution >= 4 is 11.9 Å². The normalized spacial score (nSPS) is 21.2. The summed E-state index contributed by atoms with van der Waals surface area (Å²) in [6, 6.07) is 0.125. The molecule has 2 saturated heterocycles. The van der Waals surface area contributed by atoms with Crippen molar-refractivity contribution in [3.63, 3.8) is 0 Å². The number of carbonyl (C=O) groups is 2. The topological polar surface area (TPSA) is 101 Å². The van der Waals surface area contributed by atoms with E-state index in [9.17, 15) is 9.59 Å². The van der Waals surface area contributed by atoms with Crippen molar-refractivity contribution < 1.29 is 18.8 Å². The Balaban J connectivity index is 1.55. The fraction of sp³-hybridized carbons (Fsp3) is 0.778. The number of amides is 3. The smallest absolute Gasteiger partial charge is 0.317 e. The Hall–Kier alpha value is -2.16. The average Bonchev–Trinajstić information content (AvgIpc) is 2.99. The van der Waals surface area contributed by atoms with Crippen molar-refractivity contribution in [3.8, 4) is 0 Å². The zero-order valence-corrected chi connectivity index (χ0v) is 16.4. The molecule has 0 bridgehead atoms. The maximum Gasteiger partial charge on any atom is 0.317 e. The molecule has 1 aromatic heterocycles. The summed E-state index contributed by atoms with van der Waals surface area (Å²) in [6.45, 7) is 8.27. The average molecular weight is 379 g/mol.